The van der Waals surface area contributed by atoms with Crippen LogP contribution in [-0.4, -0.2) is 25.2 Å². The van der Waals surface area contributed by atoms with E-state index in [9.17, 15) is 5.11 Å². The minimum absolute atomic E-state index is 0.273. The van der Waals surface area contributed by atoms with Gasteiger partial charge in [-0.2, -0.15) is 0 Å². The highest BCUT2D eigenvalue weighted by atomic mass is 16.3. The molecule has 1 aliphatic carbocycles. The third kappa shape index (κ3) is 1.18. The summed E-state index contributed by atoms with van der Waals surface area (Å²) in [6.45, 7) is 1.85. The van der Waals surface area contributed by atoms with Crippen LogP contribution < -0.4 is 10.6 Å². The van der Waals surface area contributed by atoms with Gasteiger partial charge in [0.25, 0.3) is 0 Å². The number of phenols is 1. The zero-order valence-corrected chi connectivity index (χ0v) is 9.61. The Labute approximate surface area is 95.9 Å². The summed E-state index contributed by atoms with van der Waals surface area (Å²) in [7, 11) is 2.11. The number of nitrogens with zero attached hydrogens (tertiary/aromatic N) is 1. The van der Waals surface area contributed by atoms with E-state index < -0.39 is 0 Å². The van der Waals surface area contributed by atoms with Crippen LogP contribution in [0.25, 0.3) is 0 Å². The van der Waals surface area contributed by atoms with Gasteiger partial charge in [0, 0.05) is 24.7 Å². The van der Waals surface area contributed by atoms with Crippen LogP contribution in [0.5, 0.6) is 5.75 Å². The van der Waals surface area contributed by atoms with Crippen molar-refractivity contribution in [2.75, 3.05) is 25.0 Å². The van der Waals surface area contributed by atoms with Crippen LogP contribution in [0, 0.1) is 5.92 Å². The Morgan fingerprint density at radius 1 is 1.56 bits per heavy atom. The molecule has 1 saturated carbocycles. The molecule has 1 fully saturated rings. The second-order valence-corrected chi connectivity index (χ2v) is 5.17. The summed E-state index contributed by atoms with van der Waals surface area (Å²) >= 11 is 0. The molecule has 0 aromatic heterocycles. The van der Waals surface area contributed by atoms with Crippen LogP contribution in [0.3, 0.4) is 0 Å². The molecular weight excluding hydrogens is 200 g/mol. The predicted octanol–water partition coefficient (Wildman–Crippen LogP) is 1.45. The molecule has 0 amide bonds. The first-order valence-electron chi connectivity index (χ1n) is 5.92. The van der Waals surface area contributed by atoms with Crippen molar-refractivity contribution in [2.24, 2.45) is 11.7 Å². The molecule has 16 heavy (non-hydrogen) atoms. The Morgan fingerprint density at radius 3 is 3.06 bits per heavy atom. The van der Waals surface area contributed by atoms with Crippen molar-refractivity contribution in [3.05, 3.63) is 23.8 Å². The summed E-state index contributed by atoms with van der Waals surface area (Å²) in [6, 6.07) is 5.73. The first kappa shape index (κ1) is 9.97. The first-order valence-corrected chi connectivity index (χ1v) is 5.92. The van der Waals surface area contributed by atoms with Crippen molar-refractivity contribution in [1.29, 1.82) is 0 Å². The first-order chi connectivity index (χ1) is 7.67. The Morgan fingerprint density at radius 2 is 2.38 bits per heavy atom. The lowest BCUT2D eigenvalue weighted by molar-refractivity contribution is 0.468. The highest BCUT2D eigenvalue weighted by molar-refractivity contribution is 5.63. The average Bonchev–Trinajstić information content (AvgIpc) is 2.99. The largest absolute Gasteiger partial charge is 0.508 e. The molecule has 0 saturated heterocycles. The number of phenolic OH excluding ortho intramolecular Hbond substituents is 1. The molecule has 2 unspecified atom stereocenters. The summed E-state index contributed by atoms with van der Waals surface area (Å²) in [5, 5.41) is 9.64. The van der Waals surface area contributed by atoms with Crippen molar-refractivity contribution in [3.63, 3.8) is 0 Å². The molecule has 0 radical (unpaired) electrons. The Balaban J connectivity index is 2.10. The van der Waals surface area contributed by atoms with Gasteiger partial charge in [-0.25, -0.2) is 0 Å². The molecule has 3 heteroatoms. The fraction of sp³-hybridized carbons (Fsp3) is 0.538. The molecule has 3 nitrogen and oxygen atoms in total. The van der Waals surface area contributed by atoms with E-state index in [-0.39, 0.29) is 5.41 Å². The van der Waals surface area contributed by atoms with Crippen molar-refractivity contribution < 1.29 is 5.11 Å². The molecule has 1 aromatic carbocycles. The molecule has 3 rings (SSSR count). The Bertz CT molecular complexity index is 432. The van der Waals surface area contributed by atoms with Gasteiger partial charge in [-0.05, 0) is 49.1 Å². The number of hydrogen-bond donors (Lipinski definition) is 2. The van der Waals surface area contributed by atoms with E-state index in [2.05, 4.69) is 11.9 Å². The van der Waals surface area contributed by atoms with Crippen LogP contribution in [-0.2, 0) is 5.41 Å². The Hall–Kier alpha value is -1.22. The lowest BCUT2D eigenvalue weighted by Gasteiger charge is -2.34. The Kier molecular flexibility index (Phi) is 1.96. The molecule has 3 N–H and O–H groups in total. The molecule has 86 valence electrons. The molecule has 1 heterocycles. The van der Waals surface area contributed by atoms with Crippen molar-refractivity contribution in [2.45, 2.75) is 18.3 Å². The molecule has 1 aliphatic heterocycles. The summed E-state index contributed by atoms with van der Waals surface area (Å²) in [5.41, 5.74) is 8.63. The number of nitrogens with two attached hydrogens (primary N) is 1. The van der Waals surface area contributed by atoms with Crippen LogP contribution in [0.15, 0.2) is 18.2 Å². The van der Waals surface area contributed by atoms with E-state index in [0.717, 1.165) is 13.1 Å². The van der Waals surface area contributed by atoms with Gasteiger partial charge >= 0.3 is 0 Å². The lowest BCUT2D eigenvalue weighted by Crippen LogP contribution is -2.32. The molecule has 0 bridgehead atoms. The van der Waals surface area contributed by atoms with Gasteiger partial charge in [-0.15, -0.1) is 0 Å². The maximum atomic E-state index is 9.64. The van der Waals surface area contributed by atoms with Crippen LogP contribution in [0.2, 0.25) is 0 Å². The highest BCUT2D eigenvalue weighted by Gasteiger charge is 2.56. The predicted molar refractivity (Wildman–Crippen MR) is 64.8 cm³/mol. The van der Waals surface area contributed by atoms with Gasteiger partial charge in [0.1, 0.15) is 5.75 Å². The number of benzene rings is 1. The zero-order valence-electron chi connectivity index (χ0n) is 9.61. The average molecular weight is 218 g/mol. The summed E-state index contributed by atoms with van der Waals surface area (Å²) in [4.78, 5) is 2.27. The van der Waals surface area contributed by atoms with Crippen LogP contribution >= 0.6 is 0 Å². The van der Waals surface area contributed by atoms with Gasteiger partial charge in [-0.3, -0.25) is 0 Å². The second kappa shape index (κ2) is 3.14. The monoisotopic (exact) mass is 218 g/mol. The van der Waals surface area contributed by atoms with Crippen molar-refractivity contribution in [1.82, 2.24) is 0 Å². The number of rotatable bonds is 1. The minimum atomic E-state index is 0.273. The second-order valence-electron chi connectivity index (χ2n) is 5.17. The van der Waals surface area contributed by atoms with E-state index >= 15 is 0 Å². The molecular formula is C13H18N2O. The van der Waals surface area contributed by atoms with Crippen molar-refractivity contribution in [3.8, 4) is 5.75 Å². The molecule has 1 spiro atoms. The van der Waals surface area contributed by atoms with E-state index in [4.69, 9.17) is 5.73 Å². The molecule has 2 aliphatic rings. The van der Waals surface area contributed by atoms with E-state index in [1.807, 2.05) is 12.1 Å². The number of fused-ring (bicyclic) bond motifs is 2. The summed E-state index contributed by atoms with van der Waals surface area (Å²) in [5.74, 6) is 0.984. The minimum Gasteiger partial charge on any atom is -0.508 e. The third-order valence-corrected chi connectivity index (χ3v) is 4.34. The number of hydrogen-bond acceptors (Lipinski definition) is 3. The summed E-state index contributed by atoms with van der Waals surface area (Å²) in [6.07, 6.45) is 2.36. The van der Waals surface area contributed by atoms with E-state index in [1.165, 1.54) is 24.1 Å². The smallest absolute Gasteiger partial charge is 0.116 e. The van der Waals surface area contributed by atoms with Gasteiger partial charge in [0.15, 0.2) is 0 Å². The van der Waals surface area contributed by atoms with Gasteiger partial charge in [0.2, 0.25) is 0 Å². The fourth-order valence-electron chi connectivity index (χ4n) is 3.20. The SMILES string of the molecule is CN1CCC2(CC2CN)c2cc(O)ccc21. The fourth-order valence-corrected chi connectivity index (χ4v) is 3.20. The maximum absolute atomic E-state index is 9.64. The van der Waals surface area contributed by atoms with E-state index in [1.54, 1.807) is 6.07 Å². The highest BCUT2D eigenvalue weighted by Crippen LogP contribution is 2.60. The lowest BCUT2D eigenvalue weighted by atomic mass is 9.85. The van der Waals surface area contributed by atoms with Gasteiger partial charge in [-0.1, -0.05) is 0 Å². The normalized spacial score (nSPS) is 31.6. The maximum Gasteiger partial charge on any atom is 0.116 e. The zero-order chi connectivity index (χ0) is 11.3. The topological polar surface area (TPSA) is 49.5 Å². The number of anilines is 1. The third-order valence-electron chi connectivity index (χ3n) is 4.34. The number of aromatic hydroxyl groups is 1. The van der Waals surface area contributed by atoms with Gasteiger partial charge < -0.3 is 15.7 Å². The van der Waals surface area contributed by atoms with Crippen LogP contribution in [0.4, 0.5) is 5.69 Å². The summed E-state index contributed by atoms with van der Waals surface area (Å²) < 4.78 is 0. The van der Waals surface area contributed by atoms with Gasteiger partial charge in [0.05, 0.1) is 0 Å². The van der Waals surface area contributed by atoms with E-state index in [0.29, 0.717) is 11.7 Å². The van der Waals surface area contributed by atoms with Crippen molar-refractivity contribution >= 4 is 5.69 Å². The molecule has 1 aromatic rings. The standard InChI is InChI=1S/C13H18N2O/c1-15-5-4-13(7-9(13)8-14)11-6-10(16)2-3-12(11)15/h2-3,6,9,16H,4-5,7-8,14H2,1H3. The quantitative estimate of drug-likeness (QED) is 0.750. The molecule has 2 atom stereocenters. The van der Waals surface area contributed by atoms with Crippen LogP contribution in [0.1, 0.15) is 18.4 Å².